The number of Topliss-reactive ketones (excluding diaryl/α,β-unsaturated/α-hetero) is 1. The van der Waals surface area contributed by atoms with Crippen LogP contribution in [0, 0.1) is 11.3 Å². The molecule has 122 valence electrons. The van der Waals surface area contributed by atoms with Crippen LogP contribution in [-0.2, 0) is 6.42 Å². The second-order valence-corrected chi connectivity index (χ2v) is 6.20. The second kappa shape index (κ2) is 6.21. The molecule has 0 fully saturated rings. The van der Waals surface area contributed by atoms with Crippen LogP contribution >= 0.6 is 11.8 Å². The number of nitriles is 1. The van der Waals surface area contributed by atoms with Gasteiger partial charge in [0.25, 0.3) is 0 Å². The molecule has 0 amide bonds. The lowest BCUT2D eigenvalue weighted by Gasteiger charge is -2.14. The molecule has 24 heavy (non-hydrogen) atoms. The number of benzene rings is 2. The maximum absolute atomic E-state index is 12.7. The van der Waals surface area contributed by atoms with Crippen molar-refractivity contribution in [2.24, 2.45) is 0 Å². The Morgan fingerprint density at radius 2 is 1.83 bits per heavy atom. The van der Waals surface area contributed by atoms with Crippen LogP contribution in [-0.4, -0.2) is 11.3 Å². The molecule has 0 atom stereocenters. The molecule has 1 aliphatic carbocycles. The van der Waals surface area contributed by atoms with Crippen LogP contribution in [0.4, 0.5) is 13.2 Å². The van der Waals surface area contributed by atoms with Crippen molar-refractivity contribution in [2.45, 2.75) is 23.2 Å². The highest BCUT2D eigenvalue weighted by atomic mass is 32.2. The molecule has 3 rings (SSSR count). The summed E-state index contributed by atoms with van der Waals surface area (Å²) in [4.78, 5) is 11.9. The Morgan fingerprint density at radius 1 is 1.08 bits per heavy atom. The van der Waals surface area contributed by atoms with Crippen molar-refractivity contribution >= 4 is 17.5 Å². The average Bonchev–Trinajstić information content (AvgIpc) is 2.92. The van der Waals surface area contributed by atoms with Gasteiger partial charge in [-0.1, -0.05) is 12.1 Å². The van der Waals surface area contributed by atoms with E-state index in [-0.39, 0.29) is 34.4 Å². The summed E-state index contributed by atoms with van der Waals surface area (Å²) in [7, 11) is 0. The fourth-order valence-electron chi connectivity index (χ4n) is 2.60. The topological polar surface area (TPSA) is 50.1 Å². The molecule has 1 aliphatic rings. The number of carbonyl (C=O) groups excluding carboxylic acids is 1. The normalized spacial score (nSPS) is 13.5. The number of alkyl halides is 3. The van der Waals surface area contributed by atoms with Gasteiger partial charge in [0.2, 0.25) is 0 Å². The summed E-state index contributed by atoms with van der Waals surface area (Å²) < 4.78 is 43.7. The van der Waals surface area contributed by atoms with Gasteiger partial charge in [-0.05, 0) is 42.4 Å². The molecule has 0 unspecified atom stereocenters. The number of nitrogens with zero attached hydrogens (tertiary/aromatic N) is 1. The third-order valence-electron chi connectivity index (χ3n) is 3.57. The first kappa shape index (κ1) is 16.4. The summed E-state index contributed by atoms with van der Waals surface area (Å²) in [6.45, 7) is 0. The number of ether oxygens (including phenoxy) is 1. The largest absolute Gasteiger partial charge is 0.456 e. The van der Waals surface area contributed by atoms with Gasteiger partial charge in [-0.3, -0.25) is 4.79 Å². The number of rotatable bonds is 3. The zero-order chi connectivity index (χ0) is 17.3. The fourth-order valence-corrected chi connectivity index (χ4v) is 3.32. The maximum atomic E-state index is 12.7. The van der Waals surface area contributed by atoms with Crippen LogP contribution in [0.5, 0.6) is 11.5 Å². The molecule has 0 heterocycles. The minimum Gasteiger partial charge on any atom is -0.456 e. The first-order valence-corrected chi connectivity index (χ1v) is 7.82. The Hall–Kier alpha value is -2.46. The van der Waals surface area contributed by atoms with Crippen LogP contribution in [0.1, 0.15) is 27.9 Å². The molecular formula is C17H10F3NO2S. The lowest BCUT2D eigenvalue weighted by molar-refractivity contribution is -0.0328. The molecule has 0 aromatic heterocycles. The highest BCUT2D eigenvalue weighted by Crippen LogP contribution is 2.44. The van der Waals surface area contributed by atoms with Gasteiger partial charge < -0.3 is 4.74 Å². The fraction of sp³-hybridized carbons (Fsp3) is 0.176. The number of hydrogen-bond donors (Lipinski definition) is 0. The Kier molecular flexibility index (Phi) is 4.24. The van der Waals surface area contributed by atoms with E-state index in [2.05, 4.69) is 0 Å². The zero-order valence-corrected chi connectivity index (χ0v) is 13.0. The number of carbonyl (C=O) groups is 1. The minimum absolute atomic E-state index is 0.0734. The summed E-state index contributed by atoms with van der Waals surface area (Å²) in [5.41, 5.74) is -3.62. The lowest BCUT2D eigenvalue weighted by atomic mass is 10.1. The van der Waals surface area contributed by atoms with Crippen molar-refractivity contribution < 1.29 is 22.7 Å². The predicted molar refractivity (Wildman–Crippen MR) is 82.2 cm³/mol. The predicted octanol–water partition coefficient (Wildman–Crippen LogP) is 5.09. The monoisotopic (exact) mass is 349 g/mol. The summed E-state index contributed by atoms with van der Waals surface area (Å²) in [5, 5.41) is 9.09. The van der Waals surface area contributed by atoms with Crippen molar-refractivity contribution in [3.63, 3.8) is 0 Å². The number of hydrogen-bond acceptors (Lipinski definition) is 4. The number of para-hydroxylation sites is 1. The van der Waals surface area contributed by atoms with Crippen molar-refractivity contribution in [3.8, 4) is 17.6 Å². The molecule has 0 radical (unpaired) electrons. The van der Waals surface area contributed by atoms with E-state index in [0.29, 0.717) is 29.0 Å². The van der Waals surface area contributed by atoms with Gasteiger partial charge in [0, 0.05) is 22.4 Å². The number of ketones is 1. The van der Waals surface area contributed by atoms with Gasteiger partial charge in [-0.15, -0.1) is 0 Å². The standard InChI is InChI=1S/C17H10F3NO2S/c18-17(19,20)24-15-8-7-14(11-5-6-12(22)16(11)15)23-13-4-2-1-3-10(13)9-21/h1-4,7-8H,5-6H2. The smallest absolute Gasteiger partial charge is 0.446 e. The van der Waals surface area contributed by atoms with Crippen LogP contribution in [0.3, 0.4) is 0 Å². The van der Waals surface area contributed by atoms with Gasteiger partial charge >= 0.3 is 5.51 Å². The molecule has 0 spiro atoms. The van der Waals surface area contributed by atoms with Crippen LogP contribution in [0.25, 0.3) is 0 Å². The molecule has 0 saturated heterocycles. The maximum Gasteiger partial charge on any atom is 0.446 e. The van der Waals surface area contributed by atoms with E-state index in [1.807, 2.05) is 6.07 Å². The lowest BCUT2D eigenvalue weighted by Crippen LogP contribution is -2.04. The van der Waals surface area contributed by atoms with Crippen molar-refractivity contribution in [2.75, 3.05) is 0 Å². The highest BCUT2D eigenvalue weighted by molar-refractivity contribution is 8.00. The molecule has 7 heteroatoms. The third-order valence-corrected chi connectivity index (χ3v) is 4.36. The van der Waals surface area contributed by atoms with Crippen molar-refractivity contribution in [3.05, 3.63) is 53.1 Å². The summed E-state index contributed by atoms with van der Waals surface area (Å²) in [6, 6.07) is 11.2. The minimum atomic E-state index is -4.47. The van der Waals surface area contributed by atoms with Gasteiger partial charge in [-0.25, -0.2) is 0 Å². The number of halogens is 3. The molecule has 0 N–H and O–H groups in total. The van der Waals surface area contributed by atoms with Gasteiger partial charge in [0.15, 0.2) is 5.78 Å². The Bertz CT molecular complexity index is 856. The second-order valence-electron chi connectivity index (χ2n) is 5.10. The van der Waals surface area contributed by atoms with Crippen molar-refractivity contribution in [1.82, 2.24) is 0 Å². The van der Waals surface area contributed by atoms with Crippen molar-refractivity contribution in [1.29, 1.82) is 5.26 Å². The molecule has 2 aromatic carbocycles. The van der Waals surface area contributed by atoms with E-state index < -0.39 is 5.51 Å². The average molecular weight is 349 g/mol. The summed E-state index contributed by atoms with van der Waals surface area (Å²) >= 11 is -0.296. The highest BCUT2D eigenvalue weighted by Gasteiger charge is 2.35. The van der Waals surface area contributed by atoms with E-state index in [1.165, 1.54) is 12.1 Å². The van der Waals surface area contributed by atoms with E-state index in [9.17, 15) is 18.0 Å². The third kappa shape index (κ3) is 3.24. The number of fused-ring (bicyclic) bond motifs is 1. The zero-order valence-electron chi connectivity index (χ0n) is 12.2. The summed E-state index contributed by atoms with van der Waals surface area (Å²) in [6.07, 6.45) is 0.478. The Morgan fingerprint density at radius 3 is 2.54 bits per heavy atom. The first-order chi connectivity index (χ1) is 11.4. The van der Waals surface area contributed by atoms with E-state index in [1.54, 1.807) is 24.3 Å². The quantitative estimate of drug-likeness (QED) is 0.724. The van der Waals surface area contributed by atoms with Gasteiger partial charge in [0.1, 0.15) is 17.6 Å². The number of thioether (sulfide) groups is 1. The molecular weight excluding hydrogens is 339 g/mol. The molecule has 0 saturated carbocycles. The molecule has 0 aliphatic heterocycles. The first-order valence-electron chi connectivity index (χ1n) is 7.01. The van der Waals surface area contributed by atoms with Crippen LogP contribution < -0.4 is 4.74 Å². The van der Waals surface area contributed by atoms with Crippen LogP contribution in [0.15, 0.2) is 41.3 Å². The van der Waals surface area contributed by atoms with E-state index >= 15 is 0 Å². The van der Waals surface area contributed by atoms with Crippen LogP contribution in [0.2, 0.25) is 0 Å². The van der Waals surface area contributed by atoms with Gasteiger partial charge in [0.05, 0.1) is 5.56 Å². The molecule has 3 nitrogen and oxygen atoms in total. The Balaban J connectivity index is 2.02. The van der Waals surface area contributed by atoms with Gasteiger partial charge in [-0.2, -0.15) is 18.4 Å². The molecule has 0 bridgehead atoms. The van der Waals surface area contributed by atoms with E-state index in [4.69, 9.17) is 10.00 Å². The van der Waals surface area contributed by atoms with E-state index in [0.717, 1.165) is 0 Å². The molecule has 2 aromatic rings. The summed E-state index contributed by atoms with van der Waals surface area (Å²) in [5.74, 6) is 0.290. The Labute approximate surface area is 140 Å². The SMILES string of the molecule is N#Cc1ccccc1Oc1ccc(SC(F)(F)F)c2c1CCC2=O.